The summed E-state index contributed by atoms with van der Waals surface area (Å²) < 4.78 is 121. The van der Waals surface area contributed by atoms with Crippen LogP contribution >= 0.6 is 0 Å². The van der Waals surface area contributed by atoms with Gasteiger partial charge in [0.15, 0.2) is 0 Å². The minimum Gasteiger partial charge on any atom is -0.234 e. The largest absolute Gasteiger partial charge is 0.419 e. The highest BCUT2D eigenvalue weighted by Crippen LogP contribution is 2.43. The number of hydrogen-bond acceptors (Lipinski definition) is 2. The molecule has 0 unspecified atom stereocenters. The van der Waals surface area contributed by atoms with E-state index in [4.69, 9.17) is 0 Å². The van der Waals surface area contributed by atoms with Crippen molar-refractivity contribution in [2.75, 3.05) is 4.31 Å². The average molecular weight is 463 g/mol. The van der Waals surface area contributed by atoms with Gasteiger partial charge in [-0.15, -0.1) is 0 Å². The van der Waals surface area contributed by atoms with Crippen LogP contribution in [0.5, 0.6) is 0 Å². The molecule has 3 aromatic rings. The lowest BCUT2D eigenvalue weighted by molar-refractivity contribution is -0.147. The zero-order chi connectivity index (χ0) is 23.0. The highest BCUT2D eigenvalue weighted by atomic mass is 32.2. The summed E-state index contributed by atoms with van der Waals surface area (Å²) in [6.07, 6.45) is -11.0. The second kappa shape index (κ2) is 7.88. The van der Waals surface area contributed by atoms with Gasteiger partial charge in [-0.2, -0.15) is 26.3 Å². The van der Waals surface area contributed by atoms with Gasteiger partial charge < -0.3 is 0 Å². The molecule has 31 heavy (non-hydrogen) atoms. The summed E-state index contributed by atoms with van der Waals surface area (Å²) in [5.41, 5.74) is -5.72. The molecule has 0 spiro atoms. The summed E-state index contributed by atoms with van der Waals surface area (Å²) in [5.74, 6) is -2.53. The Balaban J connectivity index is 2.38. The third-order valence-electron chi connectivity index (χ3n) is 4.17. The molecule has 0 radical (unpaired) electrons. The number of benzene rings is 3. The second-order valence-corrected chi connectivity index (χ2v) is 8.06. The van der Waals surface area contributed by atoms with Gasteiger partial charge >= 0.3 is 12.4 Å². The number of para-hydroxylation sites is 1. The number of nitrogens with zero attached hydrogens (tertiary/aromatic N) is 1. The predicted molar refractivity (Wildman–Crippen MR) is 98.6 cm³/mol. The third kappa shape index (κ3) is 4.50. The molecule has 3 nitrogen and oxygen atoms in total. The number of sulfonamides is 1. The van der Waals surface area contributed by atoms with E-state index in [0.29, 0.717) is 4.31 Å². The monoisotopic (exact) mass is 463 g/mol. The lowest BCUT2D eigenvalue weighted by Crippen LogP contribution is -2.28. The number of alkyl halides is 6. The minimum absolute atomic E-state index is 0.0397. The van der Waals surface area contributed by atoms with Gasteiger partial charge in [-0.1, -0.05) is 36.4 Å². The van der Waals surface area contributed by atoms with Crippen LogP contribution in [0.3, 0.4) is 0 Å². The first-order valence-corrected chi connectivity index (χ1v) is 9.91. The Labute approximate surface area is 172 Å². The fourth-order valence-electron chi connectivity index (χ4n) is 2.83. The SMILES string of the molecule is O=S(=O)(c1ccccc1)N(c1ccccc1)c1cc(C(F)(F)F)c(F)c(C(F)(F)F)c1. The number of rotatable bonds is 4. The first-order chi connectivity index (χ1) is 14.3. The van der Waals surface area contributed by atoms with E-state index >= 15 is 0 Å². The highest BCUT2D eigenvalue weighted by molar-refractivity contribution is 7.93. The Hall–Kier alpha value is -3.08. The molecule has 0 N–H and O–H groups in total. The molecule has 0 aromatic heterocycles. The maximum Gasteiger partial charge on any atom is 0.419 e. The van der Waals surface area contributed by atoms with Crippen LogP contribution in [0.25, 0.3) is 0 Å². The van der Waals surface area contributed by atoms with E-state index in [0.717, 1.165) is 12.1 Å². The molecule has 3 rings (SSSR count). The van der Waals surface area contributed by atoms with Crippen molar-refractivity contribution >= 4 is 21.4 Å². The molecule has 0 saturated heterocycles. The van der Waals surface area contributed by atoms with Crippen molar-refractivity contribution in [3.05, 3.63) is 89.7 Å². The van der Waals surface area contributed by atoms with Crippen molar-refractivity contribution in [2.45, 2.75) is 17.2 Å². The maximum atomic E-state index is 14.1. The molecule has 0 bridgehead atoms. The molecule has 0 atom stereocenters. The topological polar surface area (TPSA) is 37.4 Å². The van der Waals surface area contributed by atoms with Gasteiger partial charge in [0.1, 0.15) is 5.82 Å². The van der Waals surface area contributed by atoms with Crippen molar-refractivity contribution in [1.82, 2.24) is 0 Å². The van der Waals surface area contributed by atoms with Crippen molar-refractivity contribution < 1.29 is 39.2 Å². The van der Waals surface area contributed by atoms with Gasteiger partial charge in [0, 0.05) is 0 Å². The molecule has 0 aliphatic rings. The summed E-state index contributed by atoms with van der Waals surface area (Å²) in [4.78, 5) is -0.384. The highest BCUT2D eigenvalue weighted by Gasteiger charge is 2.43. The van der Waals surface area contributed by atoms with Crippen LogP contribution < -0.4 is 4.31 Å². The molecular formula is C20H12F7NO2S. The summed E-state index contributed by atoms with van der Waals surface area (Å²) in [6.45, 7) is 0. The van der Waals surface area contributed by atoms with E-state index in [2.05, 4.69) is 0 Å². The van der Waals surface area contributed by atoms with Gasteiger partial charge in [-0.05, 0) is 36.4 Å². The molecular weight excluding hydrogens is 451 g/mol. The molecule has 164 valence electrons. The standard InChI is InChI=1S/C20H12F7NO2S/c21-18-16(19(22,23)24)11-14(12-17(18)20(25,26)27)28(13-7-3-1-4-8-13)31(29,30)15-9-5-2-6-10-15/h1-12H. The predicted octanol–water partition coefficient (Wildman–Crippen LogP) is 6.39. The van der Waals surface area contributed by atoms with Gasteiger partial charge in [0.25, 0.3) is 10.0 Å². The summed E-state index contributed by atoms with van der Waals surface area (Å²) in [6, 6.07) is 13.0. The lowest BCUT2D eigenvalue weighted by atomic mass is 10.1. The van der Waals surface area contributed by atoms with Crippen LogP contribution in [0, 0.1) is 5.82 Å². The Morgan fingerprint density at radius 1 is 0.645 bits per heavy atom. The van der Waals surface area contributed by atoms with Crippen molar-refractivity contribution in [3.8, 4) is 0 Å². The molecule has 0 amide bonds. The van der Waals surface area contributed by atoms with Crippen LogP contribution in [0.4, 0.5) is 42.1 Å². The molecule has 3 aromatic carbocycles. The van der Waals surface area contributed by atoms with Gasteiger partial charge in [-0.3, -0.25) is 0 Å². The van der Waals surface area contributed by atoms with E-state index < -0.39 is 45.0 Å². The van der Waals surface area contributed by atoms with E-state index in [1.165, 1.54) is 48.5 Å². The van der Waals surface area contributed by atoms with E-state index in [-0.39, 0.29) is 22.7 Å². The van der Waals surface area contributed by atoms with Crippen LogP contribution in [-0.4, -0.2) is 8.42 Å². The van der Waals surface area contributed by atoms with Crippen LogP contribution in [0.2, 0.25) is 0 Å². The van der Waals surface area contributed by atoms with Crippen LogP contribution in [0.15, 0.2) is 77.7 Å². The molecule has 11 heteroatoms. The molecule has 0 heterocycles. The number of halogens is 7. The fraction of sp³-hybridized carbons (Fsp3) is 0.100. The quantitative estimate of drug-likeness (QED) is 0.421. The Bertz CT molecular complexity index is 1140. The maximum absolute atomic E-state index is 14.1. The summed E-state index contributed by atoms with van der Waals surface area (Å²) in [7, 11) is -4.67. The Kier molecular flexibility index (Phi) is 5.74. The smallest absolute Gasteiger partial charge is 0.234 e. The van der Waals surface area contributed by atoms with Gasteiger partial charge in [0.2, 0.25) is 0 Å². The van der Waals surface area contributed by atoms with E-state index in [9.17, 15) is 39.2 Å². The van der Waals surface area contributed by atoms with Crippen LogP contribution in [-0.2, 0) is 22.4 Å². The first kappa shape index (κ1) is 22.6. The zero-order valence-electron chi connectivity index (χ0n) is 15.2. The average Bonchev–Trinajstić information content (AvgIpc) is 2.69. The summed E-state index contributed by atoms with van der Waals surface area (Å²) in [5, 5.41) is 0. The normalized spacial score (nSPS) is 12.6. The van der Waals surface area contributed by atoms with Crippen molar-refractivity contribution in [1.29, 1.82) is 0 Å². The summed E-state index contributed by atoms with van der Waals surface area (Å²) >= 11 is 0. The Morgan fingerprint density at radius 2 is 1.06 bits per heavy atom. The first-order valence-electron chi connectivity index (χ1n) is 8.47. The van der Waals surface area contributed by atoms with Crippen molar-refractivity contribution in [3.63, 3.8) is 0 Å². The third-order valence-corrected chi connectivity index (χ3v) is 5.95. The molecule has 0 aliphatic carbocycles. The van der Waals surface area contributed by atoms with Crippen molar-refractivity contribution in [2.24, 2.45) is 0 Å². The number of anilines is 2. The van der Waals surface area contributed by atoms with Crippen LogP contribution in [0.1, 0.15) is 11.1 Å². The van der Waals surface area contributed by atoms with E-state index in [1.54, 1.807) is 0 Å². The fourth-order valence-corrected chi connectivity index (χ4v) is 4.32. The van der Waals surface area contributed by atoms with Gasteiger partial charge in [-0.25, -0.2) is 17.1 Å². The minimum atomic E-state index is -5.50. The number of hydrogen-bond donors (Lipinski definition) is 0. The van der Waals surface area contributed by atoms with E-state index in [1.807, 2.05) is 0 Å². The zero-order valence-corrected chi connectivity index (χ0v) is 16.1. The second-order valence-electron chi connectivity index (χ2n) is 6.27. The Morgan fingerprint density at radius 3 is 1.48 bits per heavy atom. The van der Waals surface area contributed by atoms with Gasteiger partial charge in [0.05, 0.1) is 27.4 Å². The molecule has 0 fully saturated rings. The molecule has 0 saturated carbocycles. The lowest BCUT2D eigenvalue weighted by Gasteiger charge is -2.26. The molecule has 0 aliphatic heterocycles.